The fourth-order valence-electron chi connectivity index (χ4n) is 2.20. The number of amides is 1. The minimum Gasteiger partial charge on any atom is -0.494 e. The number of hydrogen-bond acceptors (Lipinski definition) is 2. The second-order valence-electron chi connectivity index (χ2n) is 5.37. The normalized spacial score (nSPS) is 10.3. The van der Waals surface area contributed by atoms with Crippen LogP contribution in [0.4, 0.5) is 5.69 Å². The molecule has 0 heterocycles. The summed E-state index contributed by atoms with van der Waals surface area (Å²) in [6.07, 6.45) is 4.76. The highest BCUT2D eigenvalue weighted by molar-refractivity contribution is 9.10. The van der Waals surface area contributed by atoms with Crippen LogP contribution in [0.25, 0.3) is 0 Å². The van der Waals surface area contributed by atoms with Crippen LogP contribution in [-0.4, -0.2) is 12.5 Å². The van der Waals surface area contributed by atoms with E-state index in [0.717, 1.165) is 28.9 Å². The Morgan fingerprint density at radius 1 is 1.04 bits per heavy atom. The lowest BCUT2D eigenvalue weighted by atomic mass is 10.2. The van der Waals surface area contributed by atoms with Crippen LogP contribution in [0.2, 0.25) is 0 Å². The SMILES string of the molecule is CCCCCCOc1ccc(NC(=O)c2ccccc2Br)cc1. The maximum Gasteiger partial charge on any atom is 0.256 e. The summed E-state index contributed by atoms with van der Waals surface area (Å²) in [6, 6.07) is 14.8. The number of carbonyl (C=O) groups excluding carboxylic acids is 1. The Bertz CT molecular complexity index is 626. The van der Waals surface area contributed by atoms with Crippen LogP contribution in [0.1, 0.15) is 43.0 Å². The van der Waals surface area contributed by atoms with Crippen molar-refractivity contribution in [2.24, 2.45) is 0 Å². The quantitative estimate of drug-likeness (QED) is 0.604. The average Bonchev–Trinajstić information content (AvgIpc) is 2.56. The molecule has 0 aromatic heterocycles. The van der Waals surface area contributed by atoms with E-state index in [1.165, 1.54) is 19.3 Å². The molecule has 0 aliphatic rings. The van der Waals surface area contributed by atoms with E-state index in [4.69, 9.17) is 4.74 Å². The lowest BCUT2D eigenvalue weighted by Crippen LogP contribution is -2.12. The number of anilines is 1. The van der Waals surface area contributed by atoms with Gasteiger partial charge in [0.2, 0.25) is 0 Å². The van der Waals surface area contributed by atoms with Gasteiger partial charge in [-0.2, -0.15) is 0 Å². The summed E-state index contributed by atoms with van der Waals surface area (Å²) < 4.78 is 6.48. The third kappa shape index (κ3) is 5.71. The zero-order valence-electron chi connectivity index (χ0n) is 13.3. The highest BCUT2D eigenvalue weighted by Gasteiger charge is 2.09. The summed E-state index contributed by atoms with van der Waals surface area (Å²) in [4.78, 5) is 12.2. The molecule has 4 heteroatoms. The first kappa shape index (κ1) is 17.5. The van der Waals surface area contributed by atoms with E-state index in [1.807, 2.05) is 42.5 Å². The van der Waals surface area contributed by atoms with Gasteiger partial charge in [0.25, 0.3) is 5.91 Å². The van der Waals surface area contributed by atoms with Crippen LogP contribution in [0.15, 0.2) is 53.0 Å². The molecule has 1 amide bonds. The van der Waals surface area contributed by atoms with Crippen LogP contribution in [0.5, 0.6) is 5.75 Å². The van der Waals surface area contributed by atoms with Gasteiger partial charge in [0.05, 0.1) is 12.2 Å². The molecule has 23 heavy (non-hydrogen) atoms. The Hall–Kier alpha value is -1.81. The van der Waals surface area contributed by atoms with Crippen molar-refractivity contribution < 1.29 is 9.53 Å². The summed E-state index contributed by atoms with van der Waals surface area (Å²) in [7, 11) is 0. The molecule has 122 valence electrons. The van der Waals surface area contributed by atoms with Gasteiger partial charge in [-0.3, -0.25) is 4.79 Å². The van der Waals surface area contributed by atoms with Crippen molar-refractivity contribution in [1.82, 2.24) is 0 Å². The monoisotopic (exact) mass is 375 g/mol. The van der Waals surface area contributed by atoms with Gasteiger partial charge in [0.15, 0.2) is 0 Å². The van der Waals surface area contributed by atoms with E-state index >= 15 is 0 Å². The number of carbonyl (C=O) groups is 1. The summed E-state index contributed by atoms with van der Waals surface area (Å²) in [6.45, 7) is 2.94. The van der Waals surface area contributed by atoms with Crippen molar-refractivity contribution in [1.29, 1.82) is 0 Å². The van der Waals surface area contributed by atoms with Gasteiger partial charge in [-0.05, 0) is 58.7 Å². The molecule has 0 unspecified atom stereocenters. The summed E-state index contributed by atoms with van der Waals surface area (Å²) in [5, 5.41) is 2.89. The molecule has 2 rings (SSSR count). The van der Waals surface area contributed by atoms with E-state index in [9.17, 15) is 4.79 Å². The molecule has 1 N–H and O–H groups in total. The van der Waals surface area contributed by atoms with Crippen LogP contribution in [0.3, 0.4) is 0 Å². The van der Waals surface area contributed by atoms with Gasteiger partial charge in [-0.25, -0.2) is 0 Å². The predicted molar refractivity (Wildman–Crippen MR) is 98.2 cm³/mol. The largest absolute Gasteiger partial charge is 0.494 e. The molecule has 0 bridgehead atoms. The number of halogens is 1. The molecule has 2 aromatic rings. The number of benzene rings is 2. The summed E-state index contributed by atoms with van der Waals surface area (Å²) in [5.74, 6) is 0.700. The van der Waals surface area contributed by atoms with Crippen molar-refractivity contribution in [2.75, 3.05) is 11.9 Å². The minimum absolute atomic E-state index is 0.134. The number of unbranched alkanes of at least 4 members (excludes halogenated alkanes) is 3. The molecular formula is C19H22BrNO2. The molecule has 3 nitrogen and oxygen atoms in total. The molecule has 0 fully saturated rings. The highest BCUT2D eigenvalue weighted by Crippen LogP contribution is 2.20. The van der Waals surface area contributed by atoms with Crippen LogP contribution < -0.4 is 10.1 Å². The van der Waals surface area contributed by atoms with Crippen LogP contribution in [0, 0.1) is 0 Å². The second-order valence-corrected chi connectivity index (χ2v) is 6.22. The molecule has 0 atom stereocenters. The number of ether oxygens (including phenoxy) is 1. The van der Waals surface area contributed by atoms with Gasteiger partial charge < -0.3 is 10.1 Å². The molecule has 0 saturated carbocycles. The molecule has 0 radical (unpaired) electrons. The Morgan fingerprint density at radius 3 is 2.48 bits per heavy atom. The van der Waals surface area contributed by atoms with Crippen molar-refractivity contribution in [3.05, 3.63) is 58.6 Å². The van der Waals surface area contributed by atoms with E-state index in [1.54, 1.807) is 6.07 Å². The van der Waals surface area contributed by atoms with Gasteiger partial charge in [-0.1, -0.05) is 38.3 Å². The fourth-order valence-corrected chi connectivity index (χ4v) is 2.66. The Balaban J connectivity index is 1.85. The van der Waals surface area contributed by atoms with E-state index < -0.39 is 0 Å². The summed E-state index contributed by atoms with van der Waals surface area (Å²) in [5.41, 5.74) is 1.37. The molecule has 2 aromatic carbocycles. The molecule has 0 aliphatic heterocycles. The minimum atomic E-state index is -0.134. The summed E-state index contributed by atoms with van der Waals surface area (Å²) >= 11 is 3.39. The Kier molecular flexibility index (Phi) is 7.14. The van der Waals surface area contributed by atoms with Crippen molar-refractivity contribution in [2.45, 2.75) is 32.6 Å². The van der Waals surface area contributed by atoms with E-state index in [-0.39, 0.29) is 5.91 Å². The topological polar surface area (TPSA) is 38.3 Å². The zero-order valence-corrected chi connectivity index (χ0v) is 14.9. The molecule has 0 aliphatic carbocycles. The fraction of sp³-hybridized carbons (Fsp3) is 0.316. The smallest absolute Gasteiger partial charge is 0.256 e. The second kappa shape index (κ2) is 9.36. The van der Waals surface area contributed by atoms with Gasteiger partial charge in [-0.15, -0.1) is 0 Å². The van der Waals surface area contributed by atoms with Gasteiger partial charge >= 0.3 is 0 Å². The standard InChI is InChI=1S/C19H22BrNO2/c1-2-3-4-7-14-23-16-12-10-15(11-13-16)21-19(22)17-8-5-6-9-18(17)20/h5-6,8-13H,2-4,7,14H2,1H3,(H,21,22). The number of nitrogens with one attached hydrogen (secondary N) is 1. The maximum absolute atomic E-state index is 12.2. The number of rotatable bonds is 8. The first-order valence-electron chi connectivity index (χ1n) is 7.99. The third-order valence-electron chi connectivity index (χ3n) is 3.50. The number of hydrogen-bond donors (Lipinski definition) is 1. The molecular weight excluding hydrogens is 354 g/mol. The third-order valence-corrected chi connectivity index (χ3v) is 4.19. The lowest BCUT2D eigenvalue weighted by molar-refractivity contribution is 0.102. The Morgan fingerprint density at radius 2 is 1.78 bits per heavy atom. The van der Waals surface area contributed by atoms with Crippen LogP contribution >= 0.6 is 15.9 Å². The maximum atomic E-state index is 12.2. The Labute approximate surface area is 146 Å². The van der Waals surface area contributed by atoms with Crippen LogP contribution in [-0.2, 0) is 0 Å². The molecule has 0 saturated heterocycles. The van der Waals surface area contributed by atoms with Crippen molar-refractivity contribution in [3.8, 4) is 5.75 Å². The van der Waals surface area contributed by atoms with Gasteiger partial charge in [0, 0.05) is 10.2 Å². The first-order chi connectivity index (χ1) is 11.2. The molecule has 0 spiro atoms. The lowest BCUT2D eigenvalue weighted by Gasteiger charge is -2.09. The van der Waals surface area contributed by atoms with Gasteiger partial charge in [0.1, 0.15) is 5.75 Å². The van der Waals surface area contributed by atoms with E-state index in [0.29, 0.717) is 5.56 Å². The van der Waals surface area contributed by atoms with Crippen molar-refractivity contribution >= 4 is 27.5 Å². The van der Waals surface area contributed by atoms with E-state index in [2.05, 4.69) is 28.2 Å². The highest BCUT2D eigenvalue weighted by atomic mass is 79.9. The average molecular weight is 376 g/mol. The first-order valence-corrected chi connectivity index (χ1v) is 8.78. The predicted octanol–water partition coefficient (Wildman–Crippen LogP) is 5.66. The zero-order chi connectivity index (χ0) is 16.5. The van der Waals surface area contributed by atoms with Crippen molar-refractivity contribution in [3.63, 3.8) is 0 Å².